The number of nitrogens with one attached hydrogen (secondary N) is 1. The summed E-state index contributed by atoms with van der Waals surface area (Å²) in [4.78, 5) is 17.0. The van der Waals surface area contributed by atoms with E-state index in [1.54, 1.807) is 0 Å². The molecular formula is C16H31N3O. The van der Waals surface area contributed by atoms with Gasteiger partial charge in [0.15, 0.2) is 0 Å². The van der Waals surface area contributed by atoms with Crippen molar-refractivity contribution in [3.05, 3.63) is 0 Å². The zero-order valence-corrected chi connectivity index (χ0v) is 13.6. The summed E-state index contributed by atoms with van der Waals surface area (Å²) in [6.45, 7) is 16.1. The van der Waals surface area contributed by atoms with Crippen LogP contribution in [0.5, 0.6) is 0 Å². The van der Waals surface area contributed by atoms with Gasteiger partial charge in [-0.1, -0.05) is 27.7 Å². The van der Waals surface area contributed by atoms with Crippen molar-refractivity contribution >= 4 is 5.91 Å². The fourth-order valence-corrected chi connectivity index (χ4v) is 2.84. The van der Waals surface area contributed by atoms with Crippen LogP contribution in [0.3, 0.4) is 0 Å². The molecule has 0 spiro atoms. The second kappa shape index (κ2) is 6.44. The van der Waals surface area contributed by atoms with Crippen molar-refractivity contribution in [2.45, 2.75) is 34.1 Å². The highest BCUT2D eigenvalue weighted by molar-refractivity contribution is 5.79. The lowest BCUT2D eigenvalue weighted by Gasteiger charge is -2.39. The summed E-state index contributed by atoms with van der Waals surface area (Å²) < 4.78 is 0. The van der Waals surface area contributed by atoms with Crippen molar-refractivity contribution in [3.63, 3.8) is 0 Å². The Morgan fingerprint density at radius 3 is 2.25 bits per heavy atom. The minimum absolute atomic E-state index is 0.192. The van der Waals surface area contributed by atoms with Crippen LogP contribution in [-0.2, 0) is 4.79 Å². The van der Waals surface area contributed by atoms with Gasteiger partial charge in [-0.3, -0.25) is 9.69 Å². The molecule has 0 saturated carbocycles. The average Bonchev–Trinajstić information content (AvgIpc) is 2.33. The molecule has 2 aliphatic heterocycles. The average molecular weight is 281 g/mol. The predicted octanol–water partition coefficient (Wildman–Crippen LogP) is 1.42. The number of carbonyl (C=O) groups is 1. The minimum Gasteiger partial charge on any atom is -0.340 e. The molecule has 1 unspecified atom stereocenters. The topological polar surface area (TPSA) is 35.6 Å². The largest absolute Gasteiger partial charge is 0.340 e. The van der Waals surface area contributed by atoms with Gasteiger partial charge in [-0.2, -0.15) is 0 Å². The van der Waals surface area contributed by atoms with E-state index in [1.807, 2.05) is 0 Å². The van der Waals surface area contributed by atoms with Crippen LogP contribution in [0.25, 0.3) is 0 Å². The van der Waals surface area contributed by atoms with Crippen LogP contribution < -0.4 is 5.32 Å². The first kappa shape index (κ1) is 15.8. The van der Waals surface area contributed by atoms with Crippen LogP contribution in [0.4, 0.5) is 0 Å². The van der Waals surface area contributed by atoms with E-state index in [1.165, 1.54) is 6.42 Å². The van der Waals surface area contributed by atoms with Gasteiger partial charge in [0.2, 0.25) is 5.91 Å². The number of hydrogen-bond acceptors (Lipinski definition) is 3. The molecule has 0 aromatic carbocycles. The predicted molar refractivity (Wildman–Crippen MR) is 82.6 cm³/mol. The van der Waals surface area contributed by atoms with Crippen LogP contribution in [0.2, 0.25) is 0 Å². The third-order valence-corrected chi connectivity index (χ3v) is 4.77. The van der Waals surface area contributed by atoms with Gasteiger partial charge in [-0.15, -0.1) is 0 Å². The van der Waals surface area contributed by atoms with E-state index in [-0.39, 0.29) is 5.92 Å². The summed E-state index contributed by atoms with van der Waals surface area (Å²) in [7, 11) is 0. The van der Waals surface area contributed by atoms with E-state index in [2.05, 4.69) is 42.8 Å². The highest BCUT2D eigenvalue weighted by atomic mass is 16.2. The Bertz CT molecular complexity index is 325. The third kappa shape index (κ3) is 4.19. The first-order valence-electron chi connectivity index (χ1n) is 8.09. The molecule has 0 aromatic heterocycles. The van der Waals surface area contributed by atoms with Crippen molar-refractivity contribution in [2.75, 3.05) is 45.8 Å². The number of carbonyl (C=O) groups excluding carboxylic acids is 1. The maximum Gasteiger partial charge on any atom is 0.225 e. The summed E-state index contributed by atoms with van der Waals surface area (Å²) in [6.07, 6.45) is 1.23. The zero-order valence-electron chi connectivity index (χ0n) is 13.6. The van der Waals surface area contributed by atoms with Crippen LogP contribution in [0.15, 0.2) is 0 Å². The van der Waals surface area contributed by atoms with Gasteiger partial charge in [0.25, 0.3) is 0 Å². The summed E-state index contributed by atoms with van der Waals surface area (Å²) in [5, 5.41) is 3.26. The normalized spacial score (nSPS) is 23.5. The molecule has 2 rings (SSSR count). The molecule has 1 N–H and O–H groups in total. The fourth-order valence-electron chi connectivity index (χ4n) is 2.84. The lowest BCUT2D eigenvalue weighted by atomic mass is 9.88. The molecule has 2 aliphatic rings. The van der Waals surface area contributed by atoms with Crippen molar-refractivity contribution in [2.24, 2.45) is 17.3 Å². The molecular weight excluding hydrogens is 250 g/mol. The standard InChI is InChI=1S/C16H31N3O/c1-13(14-11-17-12-14)15(20)19-9-7-18(8-10-19)6-5-16(2,3)4/h13-14,17H,5-12H2,1-4H3. The highest BCUT2D eigenvalue weighted by Crippen LogP contribution is 2.21. The van der Waals surface area contributed by atoms with Crippen molar-refractivity contribution in [3.8, 4) is 0 Å². The highest BCUT2D eigenvalue weighted by Gasteiger charge is 2.32. The maximum absolute atomic E-state index is 12.4. The minimum atomic E-state index is 0.192. The number of amides is 1. The van der Waals surface area contributed by atoms with Gasteiger partial charge in [-0.05, 0) is 37.4 Å². The first-order valence-corrected chi connectivity index (χ1v) is 8.09. The van der Waals surface area contributed by atoms with Crippen LogP contribution in [-0.4, -0.2) is 61.5 Å². The molecule has 4 heteroatoms. The van der Waals surface area contributed by atoms with Gasteiger partial charge in [0, 0.05) is 32.1 Å². The Morgan fingerprint density at radius 2 is 1.80 bits per heavy atom. The van der Waals surface area contributed by atoms with Crippen LogP contribution in [0.1, 0.15) is 34.1 Å². The SMILES string of the molecule is CC(C(=O)N1CCN(CCC(C)(C)C)CC1)C1CNC1. The first-order chi connectivity index (χ1) is 9.37. The molecule has 116 valence electrons. The number of rotatable bonds is 4. The number of hydrogen-bond donors (Lipinski definition) is 1. The summed E-state index contributed by atoms with van der Waals surface area (Å²) in [5.41, 5.74) is 0.401. The molecule has 2 fully saturated rings. The van der Waals surface area contributed by atoms with Gasteiger partial charge in [0.05, 0.1) is 0 Å². The maximum atomic E-state index is 12.4. The molecule has 2 heterocycles. The van der Waals surface area contributed by atoms with E-state index in [0.29, 0.717) is 17.2 Å². The number of nitrogens with zero attached hydrogens (tertiary/aromatic N) is 2. The van der Waals surface area contributed by atoms with Gasteiger partial charge in [0.1, 0.15) is 0 Å². The summed E-state index contributed by atoms with van der Waals surface area (Å²) >= 11 is 0. The molecule has 1 atom stereocenters. The molecule has 1 amide bonds. The van der Waals surface area contributed by atoms with E-state index >= 15 is 0 Å². The lowest BCUT2D eigenvalue weighted by molar-refractivity contribution is -0.139. The van der Waals surface area contributed by atoms with E-state index < -0.39 is 0 Å². The van der Waals surface area contributed by atoms with Crippen molar-refractivity contribution < 1.29 is 4.79 Å². The third-order valence-electron chi connectivity index (χ3n) is 4.77. The molecule has 0 bridgehead atoms. The Hall–Kier alpha value is -0.610. The van der Waals surface area contributed by atoms with Crippen molar-refractivity contribution in [1.82, 2.24) is 15.1 Å². The monoisotopic (exact) mass is 281 g/mol. The van der Waals surface area contributed by atoms with Gasteiger partial charge in [-0.25, -0.2) is 0 Å². The number of piperazine rings is 1. The van der Waals surface area contributed by atoms with E-state index in [0.717, 1.165) is 45.8 Å². The van der Waals surface area contributed by atoms with Crippen LogP contribution in [0, 0.1) is 17.3 Å². The lowest BCUT2D eigenvalue weighted by Crippen LogP contribution is -2.54. The smallest absolute Gasteiger partial charge is 0.225 e. The van der Waals surface area contributed by atoms with Gasteiger partial charge < -0.3 is 10.2 Å². The quantitative estimate of drug-likeness (QED) is 0.846. The molecule has 0 radical (unpaired) electrons. The fraction of sp³-hybridized carbons (Fsp3) is 0.938. The molecule has 0 aromatic rings. The Labute approximate surface area is 123 Å². The summed E-state index contributed by atoms with van der Waals surface area (Å²) in [6, 6.07) is 0. The van der Waals surface area contributed by atoms with Gasteiger partial charge >= 0.3 is 0 Å². The second-order valence-corrected chi connectivity index (χ2v) is 7.68. The Kier molecular flexibility index (Phi) is 5.08. The zero-order chi connectivity index (χ0) is 14.8. The van der Waals surface area contributed by atoms with Crippen molar-refractivity contribution in [1.29, 1.82) is 0 Å². The van der Waals surface area contributed by atoms with E-state index in [9.17, 15) is 4.79 Å². The molecule has 0 aliphatic carbocycles. The van der Waals surface area contributed by atoms with Crippen LogP contribution >= 0.6 is 0 Å². The summed E-state index contributed by atoms with van der Waals surface area (Å²) in [5.74, 6) is 1.12. The Balaban J connectivity index is 1.72. The molecule has 4 nitrogen and oxygen atoms in total. The Morgan fingerprint density at radius 1 is 1.20 bits per heavy atom. The molecule has 20 heavy (non-hydrogen) atoms. The van der Waals surface area contributed by atoms with E-state index in [4.69, 9.17) is 0 Å². The second-order valence-electron chi connectivity index (χ2n) is 7.68. The molecule has 2 saturated heterocycles.